The van der Waals surface area contributed by atoms with E-state index in [1.54, 1.807) is 47.4 Å². The van der Waals surface area contributed by atoms with Gasteiger partial charge in [0.25, 0.3) is 11.8 Å². The molecular formula is C19H19N5O2. The monoisotopic (exact) mass is 349 g/mol. The van der Waals surface area contributed by atoms with Crippen LogP contribution in [0.25, 0.3) is 0 Å². The first-order valence-corrected chi connectivity index (χ1v) is 8.26. The molecule has 0 radical (unpaired) electrons. The van der Waals surface area contributed by atoms with Crippen LogP contribution < -0.4 is 10.6 Å². The molecule has 0 atom stereocenters. The van der Waals surface area contributed by atoms with Crippen LogP contribution in [-0.4, -0.2) is 33.1 Å². The molecule has 0 saturated heterocycles. The number of amides is 2. The van der Waals surface area contributed by atoms with Crippen LogP contribution in [0.2, 0.25) is 0 Å². The smallest absolute Gasteiger partial charge is 0.255 e. The predicted molar refractivity (Wildman–Crippen MR) is 98.0 cm³/mol. The molecule has 1 heterocycles. The largest absolute Gasteiger partial charge is 0.352 e. The molecular weight excluding hydrogens is 330 g/mol. The van der Waals surface area contributed by atoms with Gasteiger partial charge in [-0.05, 0) is 42.8 Å². The van der Waals surface area contributed by atoms with Gasteiger partial charge in [-0.25, -0.2) is 9.67 Å². The topological polar surface area (TPSA) is 88.9 Å². The van der Waals surface area contributed by atoms with Crippen molar-refractivity contribution in [1.82, 2.24) is 20.1 Å². The second kappa shape index (κ2) is 8.06. The Labute approximate surface area is 151 Å². The third kappa shape index (κ3) is 4.32. The van der Waals surface area contributed by atoms with E-state index in [1.807, 2.05) is 19.1 Å². The molecule has 0 unspecified atom stereocenters. The Kier molecular flexibility index (Phi) is 5.38. The first-order valence-electron chi connectivity index (χ1n) is 8.26. The van der Waals surface area contributed by atoms with Crippen LogP contribution in [0, 0.1) is 0 Å². The number of rotatable bonds is 6. The highest BCUT2D eigenvalue weighted by atomic mass is 16.2. The molecule has 1 aromatic heterocycles. The Balaban J connectivity index is 1.66. The van der Waals surface area contributed by atoms with Gasteiger partial charge in [0.2, 0.25) is 0 Å². The fourth-order valence-electron chi connectivity index (χ4n) is 2.47. The van der Waals surface area contributed by atoms with Crippen molar-refractivity contribution in [2.45, 2.75) is 13.5 Å². The van der Waals surface area contributed by atoms with Gasteiger partial charge in [-0.3, -0.25) is 9.59 Å². The van der Waals surface area contributed by atoms with Gasteiger partial charge in [0.1, 0.15) is 12.7 Å². The Hall–Kier alpha value is -3.48. The van der Waals surface area contributed by atoms with Crippen molar-refractivity contribution < 1.29 is 9.59 Å². The molecule has 0 aliphatic rings. The molecule has 2 aromatic carbocycles. The third-order valence-corrected chi connectivity index (χ3v) is 3.75. The third-order valence-electron chi connectivity index (χ3n) is 3.75. The summed E-state index contributed by atoms with van der Waals surface area (Å²) in [5.74, 6) is -0.397. The van der Waals surface area contributed by atoms with E-state index < -0.39 is 0 Å². The molecule has 2 N–H and O–H groups in total. The summed E-state index contributed by atoms with van der Waals surface area (Å²) in [5.41, 5.74) is 2.64. The first kappa shape index (κ1) is 17.3. The summed E-state index contributed by atoms with van der Waals surface area (Å²) in [6.07, 6.45) is 3.12. The fraction of sp³-hybridized carbons (Fsp3) is 0.158. The minimum Gasteiger partial charge on any atom is -0.352 e. The van der Waals surface area contributed by atoms with Gasteiger partial charge >= 0.3 is 0 Å². The number of carbonyl (C=O) groups excluding carboxylic acids is 2. The summed E-state index contributed by atoms with van der Waals surface area (Å²) in [4.78, 5) is 28.2. The molecule has 0 aliphatic heterocycles. The van der Waals surface area contributed by atoms with Crippen LogP contribution in [0.1, 0.15) is 33.2 Å². The lowest BCUT2D eigenvalue weighted by molar-refractivity contribution is 0.0954. The van der Waals surface area contributed by atoms with Crippen LogP contribution in [0.5, 0.6) is 0 Å². The number of nitrogens with zero attached hydrogens (tertiary/aromatic N) is 3. The summed E-state index contributed by atoms with van der Waals surface area (Å²) in [5, 5.41) is 9.60. The average Bonchev–Trinajstić information content (AvgIpc) is 3.16. The van der Waals surface area contributed by atoms with E-state index in [-0.39, 0.29) is 11.8 Å². The molecule has 7 heteroatoms. The van der Waals surface area contributed by atoms with Gasteiger partial charge in [-0.15, -0.1) is 0 Å². The quantitative estimate of drug-likeness (QED) is 0.715. The minimum absolute atomic E-state index is 0.166. The summed E-state index contributed by atoms with van der Waals surface area (Å²) in [6, 6.07) is 14.1. The molecule has 3 aromatic rings. The first-order chi connectivity index (χ1) is 12.7. The van der Waals surface area contributed by atoms with E-state index in [0.717, 1.165) is 5.56 Å². The van der Waals surface area contributed by atoms with Crippen LogP contribution in [-0.2, 0) is 6.54 Å². The Morgan fingerprint density at radius 3 is 2.54 bits per heavy atom. The maximum absolute atomic E-state index is 12.4. The number of carbonyl (C=O) groups is 2. The van der Waals surface area contributed by atoms with Gasteiger partial charge < -0.3 is 10.6 Å². The van der Waals surface area contributed by atoms with E-state index in [4.69, 9.17) is 0 Å². The number of benzene rings is 2. The standard InChI is InChI=1S/C19H19N5O2/c1-2-21-18(25)16-4-3-5-17(10-16)23-19(26)15-8-6-14(7-9-15)11-24-13-20-12-22-24/h3-10,12-13H,2,11H2,1H3,(H,21,25)(H,23,26). The Morgan fingerprint density at radius 1 is 1.04 bits per heavy atom. The molecule has 0 spiro atoms. The maximum atomic E-state index is 12.4. The van der Waals surface area contributed by atoms with Crippen molar-refractivity contribution in [3.05, 3.63) is 77.9 Å². The van der Waals surface area contributed by atoms with Crippen LogP contribution >= 0.6 is 0 Å². The zero-order valence-electron chi connectivity index (χ0n) is 14.3. The molecule has 0 saturated carbocycles. The Bertz CT molecular complexity index is 889. The number of hydrogen-bond acceptors (Lipinski definition) is 4. The molecule has 26 heavy (non-hydrogen) atoms. The summed E-state index contributed by atoms with van der Waals surface area (Å²) < 4.78 is 1.71. The van der Waals surface area contributed by atoms with Gasteiger partial charge in [-0.2, -0.15) is 5.10 Å². The van der Waals surface area contributed by atoms with Crippen LogP contribution in [0.4, 0.5) is 5.69 Å². The normalized spacial score (nSPS) is 10.3. The lowest BCUT2D eigenvalue weighted by atomic mass is 10.1. The van der Waals surface area contributed by atoms with Gasteiger partial charge in [0.05, 0.1) is 6.54 Å². The minimum atomic E-state index is -0.231. The van der Waals surface area contributed by atoms with Crippen molar-refractivity contribution in [2.75, 3.05) is 11.9 Å². The van der Waals surface area contributed by atoms with E-state index in [2.05, 4.69) is 20.7 Å². The van der Waals surface area contributed by atoms with Crippen molar-refractivity contribution in [3.63, 3.8) is 0 Å². The zero-order valence-corrected chi connectivity index (χ0v) is 14.3. The summed E-state index contributed by atoms with van der Waals surface area (Å²) in [6.45, 7) is 3.00. The lowest BCUT2D eigenvalue weighted by Crippen LogP contribution is -2.22. The molecule has 2 amide bonds. The summed E-state index contributed by atoms with van der Waals surface area (Å²) in [7, 11) is 0. The second-order valence-electron chi connectivity index (χ2n) is 5.68. The van der Waals surface area contributed by atoms with Crippen molar-refractivity contribution in [1.29, 1.82) is 0 Å². The fourth-order valence-corrected chi connectivity index (χ4v) is 2.47. The predicted octanol–water partition coefficient (Wildman–Crippen LogP) is 2.33. The molecule has 132 valence electrons. The van der Waals surface area contributed by atoms with Crippen LogP contribution in [0.3, 0.4) is 0 Å². The van der Waals surface area contributed by atoms with Crippen molar-refractivity contribution >= 4 is 17.5 Å². The molecule has 7 nitrogen and oxygen atoms in total. The van der Waals surface area contributed by atoms with Gasteiger partial charge in [0, 0.05) is 23.4 Å². The van der Waals surface area contributed by atoms with Crippen LogP contribution in [0.15, 0.2) is 61.2 Å². The average molecular weight is 349 g/mol. The van der Waals surface area contributed by atoms with E-state index in [0.29, 0.717) is 29.9 Å². The molecule has 0 fully saturated rings. The Morgan fingerprint density at radius 2 is 1.85 bits per heavy atom. The highest BCUT2D eigenvalue weighted by Crippen LogP contribution is 2.13. The highest BCUT2D eigenvalue weighted by Gasteiger charge is 2.09. The van der Waals surface area contributed by atoms with E-state index in [1.165, 1.54) is 6.33 Å². The van der Waals surface area contributed by atoms with E-state index in [9.17, 15) is 9.59 Å². The number of hydrogen-bond donors (Lipinski definition) is 2. The van der Waals surface area contributed by atoms with Gasteiger partial charge in [-0.1, -0.05) is 18.2 Å². The van der Waals surface area contributed by atoms with E-state index >= 15 is 0 Å². The molecule has 0 bridgehead atoms. The number of aromatic nitrogens is 3. The SMILES string of the molecule is CCNC(=O)c1cccc(NC(=O)c2ccc(Cn3cncn3)cc2)c1. The lowest BCUT2D eigenvalue weighted by Gasteiger charge is -2.08. The highest BCUT2D eigenvalue weighted by molar-refractivity contribution is 6.05. The van der Waals surface area contributed by atoms with Crippen molar-refractivity contribution in [3.8, 4) is 0 Å². The molecule has 0 aliphatic carbocycles. The zero-order chi connectivity index (χ0) is 18.4. The van der Waals surface area contributed by atoms with Gasteiger partial charge in [0.15, 0.2) is 0 Å². The summed E-state index contributed by atoms with van der Waals surface area (Å²) >= 11 is 0. The number of nitrogens with one attached hydrogen (secondary N) is 2. The second-order valence-corrected chi connectivity index (χ2v) is 5.68. The maximum Gasteiger partial charge on any atom is 0.255 e. The molecule has 3 rings (SSSR count). The van der Waals surface area contributed by atoms with Crippen molar-refractivity contribution in [2.24, 2.45) is 0 Å². The number of anilines is 1.